The number of carbonyl (C=O) groups excluding carboxylic acids is 3. The Balaban J connectivity index is 2.10. The van der Waals surface area contributed by atoms with E-state index in [4.69, 9.17) is 5.11 Å². The van der Waals surface area contributed by atoms with E-state index >= 15 is 0 Å². The first kappa shape index (κ1) is 15.3. The number of nitrogens with zero attached hydrogens (tertiary/aromatic N) is 2. The van der Waals surface area contributed by atoms with Crippen LogP contribution in [-0.2, 0) is 19.2 Å². The van der Waals surface area contributed by atoms with Crippen LogP contribution in [0.2, 0.25) is 0 Å². The number of aliphatic carboxylic acids is 1. The smallest absolute Gasteiger partial charge is 0.305 e. The van der Waals surface area contributed by atoms with Crippen LogP contribution in [0, 0.1) is 5.92 Å². The van der Waals surface area contributed by atoms with Crippen LogP contribution in [0.5, 0.6) is 0 Å². The number of piperazine rings is 1. The molecule has 2 aliphatic heterocycles. The molecule has 2 fully saturated rings. The van der Waals surface area contributed by atoms with E-state index in [2.05, 4.69) is 5.32 Å². The monoisotopic (exact) mass is 297 g/mol. The fraction of sp³-hybridized carbons (Fsp3) is 0.692. The molecule has 3 amide bonds. The maximum Gasteiger partial charge on any atom is 0.305 e. The average molecular weight is 297 g/mol. The van der Waals surface area contributed by atoms with E-state index in [1.54, 1.807) is 4.90 Å². The maximum atomic E-state index is 12.5. The summed E-state index contributed by atoms with van der Waals surface area (Å²) in [7, 11) is 0. The summed E-state index contributed by atoms with van der Waals surface area (Å²) in [4.78, 5) is 49.8. The van der Waals surface area contributed by atoms with Gasteiger partial charge in [-0.05, 0) is 6.92 Å². The predicted octanol–water partition coefficient (Wildman–Crippen LogP) is -1.34. The third kappa shape index (κ3) is 3.14. The molecule has 0 bridgehead atoms. The first-order chi connectivity index (χ1) is 9.93. The van der Waals surface area contributed by atoms with Crippen molar-refractivity contribution in [3.63, 3.8) is 0 Å². The van der Waals surface area contributed by atoms with E-state index in [0.29, 0.717) is 19.6 Å². The molecule has 2 N–H and O–H groups in total. The molecule has 2 atom stereocenters. The molecule has 2 aliphatic rings. The minimum Gasteiger partial charge on any atom is -0.481 e. The van der Waals surface area contributed by atoms with Gasteiger partial charge in [-0.15, -0.1) is 0 Å². The van der Waals surface area contributed by atoms with Crippen molar-refractivity contribution in [2.75, 3.05) is 26.2 Å². The zero-order valence-corrected chi connectivity index (χ0v) is 11.9. The van der Waals surface area contributed by atoms with Crippen molar-refractivity contribution in [3.05, 3.63) is 0 Å². The maximum absolute atomic E-state index is 12.5. The Bertz CT molecular complexity index is 478. The van der Waals surface area contributed by atoms with Gasteiger partial charge in [-0.1, -0.05) is 0 Å². The lowest BCUT2D eigenvalue weighted by Gasteiger charge is -2.35. The second-order valence-electron chi connectivity index (χ2n) is 5.27. The molecule has 21 heavy (non-hydrogen) atoms. The number of hydrogen-bond acceptors (Lipinski definition) is 4. The normalized spacial score (nSPS) is 26.0. The van der Waals surface area contributed by atoms with Crippen LogP contribution in [0.15, 0.2) is 0 Å². The fourth-order valence-corrected chi connectivity index (χ4v) is 2.82. The number of carbonyl (C=O) groups is 4. The molecule has 0 spiro atoms. The summed E-state index contributed by atoms with van der Waals surface area (Å²) in [5, 5.41) is 11.5. The largest absolute Gasteiger partial charge is 0.481 e. The van der Waals surface area contributed by atoms with Crippen molar-refractivity contribution in [2.45, 2.75) is 25.8 Å². The standard InChI is InChI=1S/C13H19N3O5/c1-2-15-7-8(5-10(15)17)13(21)16-4-3-14-12(20)9(16)6-11(18)19/h8-9H,2-7H2,1H3,(H,14,20)(H,18,19). The number of nitrogens with one attached hydrogen (secondary N) is 1. The van der Waals surface area contributed by atoms with E-state index in [1.807, 2.05) is 6.92 Å². The van der Waals surface area contributed by atoms with Gasteiger partial charge in [-0.3, -0.25) is 19.2 Å². The van der Waals surface area contributed by atoms with Crippen LogP contribution >= 0.6 is 0 Å². The molecule has 2 rings (SSSR count). The van der Waals surface area contributed by atoms with E-state index in [1.165, 1.54) is 4.90 Å². The summed E-state index contributed by atoms with van der Waals surface area (Å²) in [6.45, 7) is 3.30. The van der Waals surface area contributed by atoms with Gasteiger partial charge in [0.25, 0.3) is 0 Å². The van der Waals surface area contributed by atoms with Gasteiger partial charge in [0.2, 0.25) is 17.7 Å². The summed E-state index contributed by atoms with van der Waals surface area (Å²) in [5.74, 6) is -2.45. The zero-order chi connectivity index (χ0) is 15.6. The highest BCUT2D eigenvalue weighted by Crippen LogP contribution is 2.22. The number of likely N-dealkylation sites (tertiary alicyclic amines) is 1. The third-order valence-corrected chi connectivity index (χ3v) is 3.93. The van der Waals surface area contributed by atoms with Crippen LogP contribution in [0.1, 0.15) is 19.8 Å². The molecule has 0 radical (unpaired) electrons. The van der Waals surface area contributed by atoms with Crippen LogP contribution in [0.25, 0.3) is 0 Å². The summed E-state index contributed by atoms with van der Waals surface area (Å²) < 4.78 is 0. The lowest BCUT2D eigenvalue weighted by atomic mass is 10.0. The lowest BCUT2D eigenvalue weighted by Crippen LogP contribution is -2.59. The highest BCUT2D eigenvalue weighted by atomic mass is 16.4. The van der Waals surface area contributed by atoms with Gasteiger partial charge >= 0.3 is 5.97 Å². The number of carboxylic acids is 1. The molecule has 2 unspecified atom stereocenters. The molecular weight excluding hydrogens is 278 g/mol. The molecule has 0 aliphatic carbocycles. The Kier molecular flexibility index (Phi) is 4.44. The zero-order valence-electron chi connectivity index (χ0n) is 11.9. The van der Waals surface area contributed by atoms with E-state index in [0.717, 1.165) is 0 Å². The highest BCUT2D eigenvalue weighted by molar-refractivity contribution is 5.94. The molecule has 2 saturated heterocycles. The first-order valence-electron chi connectivity index (χ1n) is 7.01. The van der Waals surface area contributed by atoms with Crippen LogP contribution in [0.4, 0.5) is 0 Å². The Morgan fingerprint density at radius 3 is 2.67 bits per heavy atom. The van der Waals surface area contributed by atoms with E-state index in [9.17, 15) is 19.2 Å². The lowest BCUT2D eigenvalue weighted by molar-refractivity contribution is -0.150. The van der Waals surface area contributed by atoms with E-state index < -0.39 is 30.3 Å². The highest BCUT2D eigenvalue weighted by Gasteiger charge is 2.41. The molecular formula is C13H19N3O5. The molecule has 8 heteroatoms. The SMILES string of the molecule is CCN1CC(C(=O)N2CCNC(=O)C2CC(=O)O)CC1=O. The molecule has 8 nitrogen and oxygen atoms in total. The Morgan fingerprint density at radius 1 is 1.38 bits per heavy atom. The number of rotatable bonds is 4. The predicted molar refractivity (Wildman–Crippen MR) is 71.1 cm³/mol. The molecule has 0 saturated carbocycles. The van der Waals surface area contributed by atoms with Crippen molar-refractivity contribution in [1.29, 1.82) is 0 Å². The summed E-state index contributed by atoms with van der Waals surface area (Å²) in [5.41, 5.74) is 0. The number of hydrogen-bond donors (Lipinski definition) is 2. The summed E-state index contributed by atoms with van der Waals surface area (Å²) >= 11 is 0. The van der Waals surface area contributed by atoms with Gasteiger partial charge in [-0.25, -0.2) is 0 Å². The van der Waals surface area contributed by atoms with Gasteiger partial charge < -0.3 is 20.2 Å². The van der Waals surface area contributed by atoms with Crippen LogP contribution < -0.4 is 5.32 Å². The quantitative estimate of drug-likeness (QED) is 0.667. The first-order valence-corrected chi connectivity index (χ1v) is 7.01. The second-order valence-corrected chi connectivity index (χ2v) is 5.27. The number of carboxylic acid groups (broad SMARTS) is 1. The Hall–Kier alpha value is -2.12. The topological polar surface area (TPSA) is 107 Å². The minimum atomic E-state index is -1.13. The fourth-order valence-electron chi connectivity index (χ4n) is 2.82. The van der Waals surface area contributed by atoms with Gasteiger partial charge in [-0.2, -0.15) is 0 Å². The molecule has 116 valence electrons. The average Bonchev–Trinajstić information content (AvgIpc) is 2.81. The van der Waals surface area contributed by atoms with Crippen molar-refractivity contribution in [2.24, 2.45) is 5.92 Å². The molecule has 2 heterocycles. The van der Waals surface area contributed by atoms with Gasteiger partial charge in [0.1, 0.15) is 6.04 Å². The van der Waals surface area contributed by atoms with E-state index in [-0.39, 0.29) is 24.8 Å². The number of amides is 3. The Morgan fingerprint density at radius 2 is 2.10 bits per heavy atom. The van der Waals surface area contributed by atoms with Gasteiger partial charge in [0, 0.05) is 32.6 Å². The minimum absolute atomic E-state index is 0.0768. The van der Waals surface area contributed by atoms with Crippen molar-refractivity contribution >= 4 is 23.7 Å². The van der Waals surface area contributed by atoms with Crippen LogP contribution in [0.3, 0.4) is 0 Å². The Labute approximate surface area is 122 Å². The second kappa shape index (κ2) is 6.11. The van der Waals surface area contributed by atoms with Crippen molar-refractivity contribution in [3.8, 4) is 0 Å². The van der Waals surface area contributed by atoms with Gasteiger partial charge in [0.05, 0.1) is 12.3 Å². The summed E-state index contributed by atoms with van der Waals surface area (Å²) in [6.07, 6.45) is -0.291. The van der Waals surface area contributed by atoms with Gasteiger partial charge in [0.15, 0.2) is 0 Å². The van der Waals surface area contributed by atoms with Crippen molar-refractivity contribution in [1.82, 2.24) is 15.1 Å². The van der Waals surface area contributed by atoms with Crippen LogP contribution in [-0.4, -0.2) is 70.8 Å². The molecule has 0 aromatic heterocycles. The molecule has 0 aromatic carbocycles. The third-order valence-electron chi connectivity index (χ3n) is 3.93. The molecule has 0 aromatic rings. The van der Waals surface area contributed by atoms with Crippen molar-refractivity contribution < 1.29 is 24.3 Å². The summed E-state index contributed by atoms with van der Waals surface area (Å²) in [6, 6.07) is -0.991.